The van der Waals surface area contributed by atoms with E-state index >= 15 is 0 Å². The minimum Gasteiger partial charge on any atom is -0.373 e. The summed E-state index contributed by atoms with van der Waals surface area (Å²) < 4.78 is 11.6. The van der Waals surface area contributed by atoms with Crippen molar-refractivity contribution in [2.24, 2.45) is 23.7 Å². The molecule has 8 nitrogen and oxygen atoms in total. The number of hydrogen-bond donors (Lipinski definition) is 0. The van der Waals surface area contributed by atoms with Crippen LogP contribution < -0.4 is 0 Å². The highest BCUT2D eigenvalue weighted by Gasteiger charge is 2.63. The summed E-state index contributed by atoms with van der Waals surface area (Å²) in [5, 5.41) is 0. The Labute approximate surface area is 213 Å². The van der Waals surface area contributed by atoms with Crippen molar-refractivity contribution in [3.8, 4) is 0 Å². The first-order valence-corrected chi connectivity index (χ1v) is 14.6. The van der Waals surface area contributed by atoms with Gasteiger partial charge in [0.05, 0.1) is 48.1 Å². The van der Waals surface area contributed by atoms with Crippen LogP contribution in [0.3, 0.4) is 0 Å². The average Bonchev–Trinajstić information content (AvgIpc) is 3.71. The zero-order valence-corrected chi connectivity index (χ0v) is 21.3. The molecule has 8 atom stereocenters. The Kier molecular flexibility index (Phi) is 6.93. The topological polar surface area (TPSA) is 93.2 Å². The predicted octanol–water partition coefficient (Wildman–Crippen LogP) is 3.21. The monoisotopic (exact) mass is 500 g/mol. The second-order valence-electron chi connectivity index (χ2n) is 11.9. The standard InChI is InChI=1S/C28H40N2O6/c31-25-21-17-11-12-18(35-17)22(21)26(32)29(25)15-9-7-5-3-1-2-4-6-8-10-16-30-27(33)23-19-13-14-20(36-19)24(23)28(30)34/h17-24H,1-16H2/t17-,18+,19-,20+,21+,22-,23+,24-. The van der Waals surface area contributed by atoms with E-state index in [0.29, 0.717) is 13.1 Å². The normalized spacial score (nSPS) is 38.2. The molecule has 0 radical (unpaired) electrons. The molecule has 0 spiro atoms. The van der Waals surface area contributed by atoms with Crippen molar-refractivity contribution in [2.75, 3.05) is 13.1 Å². The van der Waals surface area contributed by atoms with Gasteiger partial charge in [0.2, 0.25) is 23.6 Å². The Morgan fingerprint density at radius 2 is 0.694 bits per heavy atom. The fourth-order valence-electron chi connectivity index (χ4n) is 7.94. The number of hydrogen-bond acceptors (Lipinski definition) is 6. The first-order valence-electron chi connectivity index (χ1n) is 14.6. The molecule has 0 aliphatic carbocycles. The van der Waals surface area contributed by atoms with Crippen LogP contribution in [0.1, 0.15) is 89.9 Å². The molecule has 0 aromatic carbocycles. The molecule has 6 rings (SSSR count). The Hall–Kier alpha value is -1.80. The lowest BCUT2D eigenvalue weighted by atomic mass is 9.81. The van der Waals surface area contributed by atoms with E-state index < -0.39 is 0 Å². The Morgan fingerprint density at radius 3 is 0.972 bits per heavy atom. The van der Waals surface area contributed by atoms with Gasteiger partial charge in [-0.3, -0.25) is 29.0 Å². The molecule has 4 bridgehead atoms. The number of fused-ring (bicyclic) bond motifs is 10. The molecule has 0 aromatic heterocycles. The summed E-state index contributed by atoms with van der Waals surface area (Å²) in [7, 11) is 0. The van der Waals surface area contributed by atoms with Gasteiger partial charge in [-0.05, 0) is 38.5 Å². The van der Waals surface area contributed by atoms with Crippen LogP contribution in [0.4, 0.5) is 0 Å². The van der Waals surface area contributed by atoms with Gasteiger partial charge < -0.3 is 9.47 Å². The van der Waals surface area contributed by atoms with E-state index in [1.807, 2.05) is 0 Å². The predicted molar refractivity (Wildman–Crippen MR) is 129 cm³/mol. The fraction of sp³-hybridized carbons (Fsp3) is 0.857. The van der Waals surface area contributed by atoms with E-state index in [9.17, 15) is 19.2 Å². The van der Waals surface area contributed by atoms with Crippen LogP contribution in [0.15, 0.2) is 0 Å². The molecule has 0 N–H and O–H groups in total. The second-order valence-corrected chi connectivity index (χ2v) is 11.9. The average molecular weight is 501 g/mol. The van der Waals surface area contributed by atoms with Gasteiger partial charge in [0.1, 0.15) is 0 Å². The van der Waals surface area contributed by atoms with Gasteiger partial charge in [-0.1, -0.05) is 51.4 Å². The van der Waals surface area contributed by atoms with Crippen LogP contribution >= 0.6 is 0 Å². The van der Waals surface area contributed by atoms with E-state index in [2.05, 4.69) is 0 Å². The van der Waals surface area contributed by atoms with Crippen molar-refractivity contribution in [3.63, 3.8) is 0 Å². The Morgan fingerprint density at radius 1 is 0.444 bits per heavy atom. The molecule has 6 fully saturated rings. The van der Waals surface area contributed by atoms with Crippen molar-refractivity contribution in [3.05, 3.63) is 0 Å². The number of carbonyl (C=O) groups excluding carboxylic acids is 4. The molecule has 6 heterocycles. The minimum atomic E-state index is -0.197. The number of imide groups is 2. The summed E-state index contributed by atoms with van der Waals surface area (Å²) in [5.41, 5.74) is 0. The van der Waals surface area contributed by atoms with Gasteiger partial charge in [0.25, 0.3) is 0 Å². The molecular weight excluding hydrogens is 460 g/mol. The number of nitrogens with zero attached hydrogens (tertiary/aromatic N) is 2. The fourth-order valence-corrected chi connectivity index (χ4v) is 7.94. The van der Waals surface area contributed by atoms with Gasteiger partial charge in [-0.15, -0.1) is 0 Å². The van der Waals surface area contributed by atoms with Crippen LogP contribution in [0, 0.1) is 23.7 Å². The number of amides is 4. The summed E-state index contributed by atoms with van der Waals surface area (Å²) in [6.07, 6.45) is 14.6. The maximum absolute atomic E-state index is 12.7. The number of unbranched alkanes of at least 4 members (excludes halogenated alkanes) is 9. The lowest BCUT2D eigenvalue weighted by molar-refractivity contribution is -0.144. The van der Waals surface area contributed by atoms with Crippen LogP contribution in [-0.4, -0.2) is 70.9 Å². The molecule has 0 aromatic rings. The van der Waals surface area contributed by atoms with Gasteiger partial charge in [0, 0.05) is 13.1 Å². The maximum Gasteiger partial charge on any atom is 0.235 e. The van der Waals surface area contributed by atoms with Crippen molar-refractivity contribution in [1.29, 1.82) is 0 Å². The lowest BCUT2D eigenvalue weighted by Crippen LogP contribution is -2.35. The van der Waals surface area contributed by atoms with Gasteiger partial charge in [-0.2, -0.15) is 0 Å². The van der Waals surface area contributed by atoms with Crippen molar-refractivity contribution < 1.29 is 28.7 Å². The molecule has 36 heavy (non-hydrogen) atoms. The zero-order valence-electron chi connectivity index (χ0n) is 21.3. The molecule has 8 heteroatoms. The molecule has 6 aliphatic heterocycles. The number of ether oxygens (including phenoxy) is 2. The van der Waals surface area contributed by atoms with E-state index in [1.54, 1.807) is 0 Å². The number of rotatable bonds is 13. The zero-order chi connectivity index (χ0) is 24.8. The van der Waals surface area contributed by atoms with Gasteiger partial charge in [0.15, 0.2) is 0 Å². The van der Waals surface area contributed by atoms with E-state index in [-0.39, 0.29) is 71.7 Å². The van der Waals surface area contributed by atoms with E-state index in [1.165, 1.54) is 35.5 Å². The minimum absolute atomic E-state index is 0.0136. The maximum atomic E-state index is 12.7. The molecule has 198 valence electrons. The number of likely N-dealkylation sites (tertiary alicyclic amines) is 2. The second kappa shape index (κ2) is 10.2. The summed E-state index contributed by atoms with van der Waals surface area (Å²) in [4.78, 5) is 53.7. The van der Waals surface area contributed by atoms with Crippen molar-refractivity contribution >= 4 is 23.6 Å². The molecule has 0 unspecified atom stereocenters. The largest absolute Gasteiger partial charge is 0.373 e. The van der Waals surface area contributed by atoms with Crippen molar-refractivity contribution in [1.82, 2.24) is 9.80 Å². The molecule has 6 saturated heterocycles. The highest BCUT2D eigenvalue weighted by atomic mass is 16.5. The third kappa shape index (κ3) is 4.12. The van der Waals surface area contributed by atoms with E-state index in [4.69, 9.17) is 9.47 Å². The first-order chi connectivity index (χ1) is 17.6. The van der Waals surface area contributed by atoms with Crippen LogP contribution in [0.5, 0.6) is 0 Å². The van der Waals surface area contributed by atoms with Crippen LogP contribution in [0.25, 0.3) is 0 Å². The summed E-state index contributed by atoms with van der Waals surface area (Å²) in [5.74, 6) is -0.735. The Bertz CT molecular complexity index is 778. The molecule has 4 amide bonds. The van der Waals surface area contributed by atoms with E-state index in [0.717, 1.165) is 64.2 Å². The highest BCUT2D eigenvalue weighted by Crippen LogP contribution is 2.49. The lowest BCUT2D eigenvalue weighted by Gasteiger charge is -2.17. The molecule has 0 saturated carbocycles. The third-order valence-corrected chi connectivity index (χ3v) is 9.76. The molecular formula is C28H40N2O6. The van der Waals surface area contributed by atoms with Crippen molar-refractivity contribution in [2.45, 2.75) is 114 Å². The van der Waals surface area contributed by atoms with Crippen LogP contribution in [-0.2, 0) is 28.7 Å². The highest BCUT2D eigenvalue weighted by molar-refractivity contribution is 6.07. The first kappa shape index (κ1) is 24.5. The SMILES string of the molecule is O=C1[C@@H]2[C@H](C(=O)N1CCCCCCCCCCCCN1C(=O)[C@@H]3[C@H](C1=O)[C@@H]1CC[C@H]3O1)[C@@H]1CC[C@H]2O1. The quantitative estimate of drug-likeness (QED) is 0.285. The summed E-state index contributed by atoms with van der Waals surface area (Å²) in [6, 6.07) is 0. The van der Waals surface area contributed by atoms with Gasteiger partial charge in [-0.25, -0.2) is 0 Å². The van der Waals surface area contributed by atoms with Gasteiger partial charge >= 0.3 is 0 Å². The summed E-state index contributed by atoms with van der Waals surface area (Å²) >= 11 is 0. The van der Waals surface area contributed by atoms with Crippen LogP contribution in [0.2, 0.25) is 0 Å². The smallest absolute Gasteiger partial charge is 0.235 e. The Balaban J connectivity index is 0.780. The molecule has 6 aliphatic rings. The third-order valence-electron chi connectivity index (χ3n) is 9.76. The number of carbonyl (C=O) groups is 4. The summed E-state index contributed by atoms with van der Waals surface area (Å²) in [6.45, 7) is 1.14.